The monoisotopic (exact) mass is 274 g/mol. The van der Waals surface area contributed by atoms with E-state index in [0.29, 0.717) is 23.6 Å². The lowest BCUT2D eigenvalue weighted by molar-refractivity contribution is 0.252. The van der Waals surface area contributed by atoms with Gasteiger partial charge in [-0.1, -0.05) is 6.92 Å². The predicted octanol–water partition coefficient (Wildman–Crippen LogP) is 1.03. The van der Waals surface area contributed by atoms with E-state index in [1.54, 1.807) is 0 Å². The van der Waals surface area contributed by atoms with Gasteiger partial charge in [0.1, 0.15) is 0 Å². The molecule has 0 aromatic heterocycles. The summed E-state index contributed by atoms with van der Waals surface area (Å²) in [5.41, 5.74) is 0. The minimum atomic E-state index is -2.83. The van der Waals surface area contributed by atoms with Crippen LogP contribution in [0.25, 0.3) is 0 Å². The zero-order valence-electron chi connectivity index (χ0n) is 11.4. The predicted molar refractivity (Wildman–Crippen MR) is 74.6 cm³/mol. The van der Waals surface area contributed by atoms with Crippen molar-refractivity contribution in [1.82, 2.24) is 10.2 Å². The molecule has 1 saturated heterocycles. The third kappa shape index (κ3) is 4.52. The fourth-order valence-electron chi connectivity index (χ4n) is 2.73. The molecule has 1 N–H and O–H groups in total. The van der Waals surface area contributed by atoms with Crippen LogP contribution in [-0.4, -0.2) is 56.5 Å². The first-order valence-corrected chi connectivity index (χ1v) is 9.11. The van der Waals surface area contributed by atoms with E-state index in [1.807, 2.05) is 6.92 Å². The topological polar surface area (TPSA) is 49.4 Å². The second kappa shape index (κ2) is 6.35. The van der Waals surface area contributed by atoms with Gasteiger partial charge in [-0.2, -0.15) is 0 Å². The van der Waals surface area contributed by atoms with Crippen LogP contribution in [-0.2, 0) is 9.84 Å². The third-order valence-electron chi connectivity index (χ3n) is 3.89. The zero-order valence-corrected chi connectivity index (χ0v) is 12.2. The molecule has 2 rings (SSSR count). The van der Waals surface area contributed by atoms with Crippen LogP contribution in [0.4, 0.5) is 0 Å². The van der Waals surface area contributed by atoms with Crippen molar-refractivity contribution in [3.05, 3.63) is 0 Å². The van der Waals surface area contributed by atoms with Gasteiger partial charge >= 0.3 is 0 Å². The normalized spacial score (nSPS) is 24.9. The van der Waals surface area contributed by atoms with Gasteiger partial charge in [-0.25, -0.2) is 8.42 Å². The van der Waals surface area contributed by atoms with Gasteiger partial charge in [0, 0.05) is 30.9 Å². The third-order valence-corrected chi connectivity index (χ3v) is 5.72. The van der Waals surface area contributed by atoms with Crippen LogP contribution in [0.3, 0.4) is 0 Å². The molecule has 1 heterocycles. The van der Waals surface area contributed by atoms with E-state index in [1.165, 1.54) is 25.7 Å². The Morgan fingerprint density at radius 1 is 1.22 bits per heavy atom. The molecule has 0 aromatic carbocycles. The van der Waals surface area contributed by atoms with E-state index >= 15 is 0 Å². The maximum atomic E-state index is 11.8. The minimum Gasteiger partial charge on any atom is -0.313 e. The SMILES string of the molecule is CCCS(=O)(=O)CCN(CC1CCCN1)C1CC1. The van der Waals surface area contributed by atoms with E-state index in [2.05, 4.69) is 10.2 Å². The van der Waals surface area contributed by atoms with Crippen LogP contribution in [0.5, 0.6) is 0 Å². The molecule has 4 nitrogen and oxygen atoms in total. The van der Waals surface area contributed by atoms with E-state index in [-0.39, 0.29) is 0 Å². The molecule has 106 valence electrons. The quantitative estimate of drug-likeness (QED) is 0.718. The first-order valence-electron chi connectivity index (χ1n) is 7.28. The zero-order chi connectivity index (χ0) is 13.0. The molecule has 0 bridgehead atoms. The van der Waals surface area contributed by atoms with Crippen molar-refractivity contribution in [2.45, 2.75) is 51.1 Å². The van der Waals surface area contributed by atoms with Crippen LogP contribution < -0.4 is 5.32 Å². The second-order valence-corrected chi connectivity index (χ2v) is 7.97. The molecule has 18 heavy (non-hydrogen) atoms. The molecule has 1 aliphatic heterocycles. The first kappa shape index (κ1) is 14.3. The highest BCUT2D eigenvalue weighted by Crippen LogP contribution is 2.27. The van der Waals surface area contributed by atoms with E-state index in [0.717, 1.165) is 26.1 Å². The van der Waals surface area contributed by atoms with Gasteiger partial charge in [-0.05, 0) is 38.6 Å². The highest BCUT2D eigenvalue weighted by Gasteiger charge is 2.31. The summed E-state index contributed by atoms with van der Waals surface area (Å²) in [5, 5.41) is 3.50. The van der Waals surface area contributed by atoms with Crippen molar-refractivity contribution in [1.29, 1.82) is 0 Å². The van der Waals surface area contributed by atoms with Gasteiger partial charge in [0.15, 0.2) is 9.84 Å². The van der Waals surface area contributed by atoms with Crippen molar-refractivity contribution in [2.24, 2.45) is 0 Å². The summed E-state index contributed by atoms with van der Waals surface area (Å²) in [4.78, 5) is 2.40. The van der Waals surface area contributed by atoms with Crippen molar-refractivity contribution in [3.8, 4) is 0 Å². The van der Waals surface area contributed by atoms with Crippen LogP contribution in [0.2, 0.25) is 0 Å². The van der Waals surface area contributed by atoms with Crippen molar-refractivity contribution in [2.75, 3.05) is 31.1 Å². The number of nitrogens with one attached hydrogen (secondary N) is 1. The van der Waals surface area contributed by atoms with Gasteiger partial charge in [0.25, 0.3) is 0 Å². The molecule has 0 spiro atoms. The van der Waals surface area contributed by atoms with Crippen molar-refractivity contribution < 1.29 is 8.42 Å². The molecule has 2 fully saturated rings. The molecule has 5 heteroatoms. The Morgan fingerprint density at radius 2 is 2.00 bits per heavy atom. The molecule has 0 radical (unpaired) electrons. The van der Waals surface area contributed by atoms with Crippen LogP contribution in [0.15, 0.2) is 0 Å². The number of rotatable bonds is 8. The van der Waals surface area contributed by atoms with Gasteiger partial charge in [0.2, 0.25) is 0 Å². The summed E-state index contributed by atoms with van der Waals surface area (Å²) in [6.45, 7) is 4.81. The Labute approximate surface area is 111 Å². The highest BCUT2D eigenvalue weighted by molar-refractivity contribution is 7.91. The summed E-state index contributed by atoms with van der Waals surface area (Å²) >= 11 is 0. The average Bonchev–Trinajstić information content (AvgIpc) is 3.03. The number of nitrogens with zero attached hydrogens (tertiary/aromatic N) is 1. The lowest BCUT2D eigenvalue weighted by Gasteiger charge is -2.25. The Balaban J connectivity index is 1.79. The Morgan fingerprint density at radius 3 is 2.56 bits per heavy atom. The van der Waals surface area contributed by atoms with Gasteiger partial charge in [-0.3, -0.25) is 4.90 Å². The lowest BCUT2D eigenvalue weighted by Crippen LogP contribution is -2.41. The van der Waals surface area contributed by atoms with Gasteiger partial charge in [-0.15, -0.1) is 0 Å². The molecular formula is C13H26N2O2S. The summed E-state index contributed by atoms with van der Waals surface area (Å²) in [7, 11) is -2.83. The summed E-state index contributed by atoms with van der Waals surface area (Å²) < 4.78 is 23.5. The van der Waals surface area contributed by atoms with Crippen LogP contribution in [0, 0.1) is 0 Å². The Hall–Kier alpha value is -0.130. The minimum absolute atomic E-state index is 0.337. The fraction of sp³-hybridized carbons (Fsp3) is 1.00. The van der Waals surface area contributed by atoms with Crippen LogP contribution in [0.1, 0.15) is 39.0 Å². The van der Waals surface area contributed by atoms with Crippen molar-refractivity contribution in [3.63, 3.8) is 0 Å². The number of hydrogen-bond donors (Lipinski definition) is 1. The van der Waals surface area contributed by atoms with E-state index in [4.69, 9.17) is 0 Å². The maximum Gasteiger partial charge on any atom is 0.151 e. The average molecular weight is 274 g/mol. The number of sulfone groups is 1. The fourth-order valence-corrected chi connectivity index (χ4v) is 4.07. The Bertz CT molecular complexity index is 346. The first-order chi connectivity index (χ1) is 8.61. The molecule has 0 amide bonds. The Kier molecular flexibility index (Phi) is 5.04. The second-order valence-electron chi connectivity index (χ2n) is 5.67. The van der Waals surface area contributed by atoms with E-state index in [9.17, 15) is 8.42 Å². The molecule has 1 saturated carbocycles. The van der Waals surface area contributed by atoms with Gasteiger partial charge < -0.3 is 5.32 Å². The molecule has 1 atom stereocenters. The smallest absolute Gasteiger partial charge is 0.151 e. The maximum absolute atomic E-state index is 11.8. The summed E-state index contributed by atoms with van der Waals surface area (Å²) in [5.74, 6) is 0.678. The standard InChI is InChI=1S/C13H26N2O2S/c1-2-9-18(16,17)10-8-15(13-5-6-13)11-12-4-3-7-14-12/h12-14H,2-11H2,1H3. The number of hydrogen-bond acceptors (Lipinski definition) is 4. The molecule has 0 aromatic rings. The van der Waals surface area contributed by atoms with Crippen LogP contribution >= 0.6 is 0 Å². The van der Waals surface area contributed by atoms with E-state index < -0.39 is 9.84 Å². The lowest BCUT2D eigenvalue weighted by atomic mass is 10.2. The molecule has 2 aliphatic rings. The van der Waals surface area contributed by atoms with Gasteiger partial charge in [0.05, 0.1) is 5.75 Å². The van der Waals surface area contributed by atoms with Crippen molar-refractivity contribution >= 4 is 9.84 Å². The molecular weight excluding hydrogens is 248 g/mol. The largest absolute Gasteiger partial charge is 0.313 e. The summed E-state index contributed by atoms with van der Waals surface area (Å²) in [6, 6.07) is 1.24. The molecule has 1 unspecified atom stereocenters. The molecule has 1 aliphatic carbocycles. The highest BCUT2D eigenvalue weighted by atomic mass is 32.2. The summed E-state index contributed by atoms with van der Waals surface area (Å²) in [6.07, 6.45) is 5.74.